The lowest BCUT2D eigenvalue weighted by Gasteiger charge is -2.25. The third kappa shape index (κ3) is 6.45. The molecule has 1 saturated heterocycles. The van der Waals surface area contributed by atoms with Gasteiger partial charge in [-0.05, 0) is 47.9 Å². The van der Waals surface area contributed by atoms with E-state index < -0.39 is 26.6 Å². The number of benzene rings is 3. The van der Waals surface area contributed by atoms with Gasteiger partial charge in [-0.1, -0.05) is 48.5 Å². The first-order valence-corrected chi connectivity index (χ1v) is 14.0. The van der Waals surface area contributed by atoms with Crippen LogP contribution in [0.1, 0.15) is 33.3 Å². The fourth-order valence-corrected chi connectivity index (χ4v) is 5.65. The molecule has 8 nitrogen and oxygen atoms in total. The first-order chi connectivity index (χ1) is 17.2. The molecule has 0 saturated carbocycles. The van der Waals surface area contributed by atoms with Crippen molar-refractivity contribution in [2.45, 2.75) is 23.7 Å². The number of nitrogens with two attached hydrogens (primary N) is 1. The van der Waals surface area contributed by atoms with E-state index in [0.29, 0.717) is 18.0 Å². The fourth-order valence-electron chi connectivity index (χ4n) is 3.81. The highest BCUT2D eigenvalue weighted by atomic mass is 32.2. The number of thioether (sulfide) groups is 1. The summed E-state index contributed by atoms with van der Waals surface area (Å²) >= 11 is 1.40. The summed E-state index contributed by atoms with van der Waals surface area (Å²) in [5, 5.41) is -0.921. The van der Waals surface area contributed by atoms with Crippen molar-refractivity contribution in [3.05, 3.63) is 95.6 Å². The minimum atomic E-state index is -3.61. The second kappa shape index (κ2) is 11.2. The number of rotatable bonds is 10. The van der Waals surface area contributed by atoms with Crippen molar-refractivity contribution in [2.75, 3.05) is 17.8 Å². The van der Waals surface area contributed by atoms with Gasteiger partial charge in [-0.25, -0.2) is 0 Å². The van der Waals surface area contributed by atoms with Gasteiger partial charge in [-0.3, -0.25) is 18.7 Å². The Morgan fingerprint density at radius 1 is 1.03 bits per heavy atom. The number of carbonyl (C=O) groups excluding carboxylic acids is 2. The van der Waals surface area contributed by atoms with E-state index in [0.717, 1.165) is 17.4 Å². The van der Waals surface area contributed by atoms with Gasteiger partial charge in [0.05, 0.1) is 18.1 Å². The molecule has 0 spiro atoms. The van der Waals surface area contributed by atoms with Gasteiger partial charge in [0.1, 0.15) is 17.7 Å². The summed E-state index contributed by atoms with van der Waals surface area (Å²) in [4.78, 5) is 26.8. The molecule has 1 aliphatic heterocycles. The number of carbonyl (C=O) groups is 2. The van der Waals surface area contributed by atoms with Crippen LogP contribution in [0.25, 0.3) is 0 Å². The molecule has 10 heteroatoms. The van der Waals surface area contributed by atoms with Crippen LogP contribution >= 0.6 is 11.8 Å². The standard InChI is InChI=1S/C26H26N2O6S2/c1-36(31,32)34-15-14-23-25(30)28(21-9-5-8-20(16-21)24(27)29)26(35-23)19-10-12-22(13-11-19)33-17-18-6-3-2-4-7-18/h2-13,16,23,26H,14-15,17H2,1H3,(H2,27,29)/t23-,26-/m0/s1. The van der Waals surface area contributed by atoms with Gasteiger partial charge in [0.2, 0.25) is 11.8 Å². The lowest BCUT2D eigenvalue weighted by molar-refractivity contribution is -0.117. The molecule has 0 aliphatic carbocycles. The Morgan fingerprint density at radius 3 is 2.42 bits per heavy atom. The molecule has 3 aromatic rings. The average molecular weight is 527 g/mol. The van der Waals surface area contributed by atoms with E-state index in [1.807, 2.05) is 54.6 Å². The number of nitrogens with zero attached hydrogens (tertiary/aromatic N) is 1. The van der Waals surface area contributed by atoms with E-state index >= 15 is 0 Å². The van der Waals surface area contributed by atoms with Gasteiger partial charge < -0.3 is 10.5 Å². The molecule has 1 heterocycles. The van der Waals surface area contributed by atoms with E-state index in [1.165, 1.54) is 11.8 Å². The third-order valence-corrected chi connectivity index (χ3v) is 7.64. The highest BCUT2D eigenvalue weighted by molar-refractivity contribution is 8.01. The highest BCUT2D eigenvalue weighted by Crippen LogP contribution is 2.47. The van der Waals surface area contributed by atoms with Gasteiger partial charge in [-0.2, -0.15) is 8.42 Å². The molecule has 2 N–H and O–H groups in total. The Morgan fingerprint density at radius 2 is 1.75 bits per heavy atom. The van der Waals surface area contributed by atoms with Crippen LogP contribution in [-0.4, -0.2) is 38.3 Å². The predicted molar refractivity (Wildman–Crippen MR) is 139 cm³/mol. The summed E-state index contributed by atoms with van der Waals surface area (Å²) in [6.07, 6.45) is 1.19. The Kier molecular flexibility index (Phi) is 7.97. The first kappa shape index (κ1) is 25.7. The predicted octanol–water partition coefficient (Wildman–Crippen LogP) is 3.88. The monoisotopic (exact) mass is 526 g/mol. The molecule has 0 radical (unpaired) electrons. The van der Waals surface area contributed by atoms with E-state index in [9.17, 15) is 18.0 Å². The van der Waals surface area contributed by atoms with Gasteiger partial charge >= 0.3 is 0 Å². The Balaban J connectivity index is 1.56. The number of hydrogen-bond donors (Lipinski definition) is 1. The molecule has 3 aromatic carbocycles. The zero-order valence-electron chi connectivity index (χ0n) is 19.6. The number of primary amides is 1. The van der Waals surface area contributed by atoms with Crippen LogP contribution in [0.15, 0.2) is 78.9 Å². The van der Waals surface area contributed by atoms with E-state index in [2.05, 4.69) is 0 Å². The maximum atomic E-state index is 13.4. The highest BCUT2D eigenvalue weighted by Gasteiger charge is 2.42. The van der Waals surface area contributed by atoms with E-state index in [-0.39, 0.29) is 24.5 Å². The number of amides is 2. The van der Waals surface area contributed by atoms with Crippen molar-refractivity contribution in [1.82, 2.24) is 0 Å². The lowest BCUT2D eigenvalue weighted by atomic mass is 10.1. The summed E-state index contributed by atoms with van der Waals surface area (Å²) in [6, 6.07) is 23.9. The molecule has 188 valence electrons. The Hall–Kier alpha value is -3.34. The summed E-state index contributed by atoms with van der Waals surface area (Å²) in [6.45, 7) is 0.335. The van der Waals surface area contributed by atoms with Crippen LogP contribution in [-0.2, 0) is 25.7 Å². The third-order valence-electron chi connectivity index (χ3n) is 5.54. The summed E-state index contributed by atoms with van der Waals surface area (Å²) < 4.78 is 33.5. The van der Waals surface area contributed by atoms with Crippen LogP contribution in [0.3, 0.4) is 0 Å². The second-order valence-electron chi connectivity index (χ2n) is 8.26. The largest absolute Gasteiger partial charge is 0.489 e. The molecule has 2 atom stereocenters. The normalized spacial score (nSPS) is 17.8. The molecule has 0 bridgehead atoms. The van der Waals surface area contributed by atoms with Crippen molar-refractivity contribution >= 4 is 39.4 Å². The van der Waals surface area contributed by atoms with Crippen LogP contribution in [0, 0.1) is 0 Å². The summed E-state index contributed by atoms with van der Waals surface area (Å²) in [7, 11) is -3.61. The Bertz CT molecular complexity index is 1330. The Labute approximate surface area is 214 Å². The SMILES string of the molecule is CS(=O)(=O)OCC[C@@H]1S[C@@H](c2ccc(OCc3ccccc3)cc2)N(c2cccc(C(N)=O)c2)C1=O. The van der Waals surface area contributed by atoms with Crippen molar-refractivity contribution < 1.29 is 26.9 Å². The topological polar surface area (TPSA) is 116 Å². The fraction of sp³-hybridized carbons (Fsp3) is 0.231. The molecule has 36 heavy (non-hydrogen) atoms. The second-order valence-corrected chi connectivity index (χ2v) is 11.2. The first-order valence-electron chi connectivity index (χ1n) is 11.2. The molecule has 1 fully saturated rings. The maximum absolute atomic E-state index is 13.4. The van der Waals surface area contributed by atoms with Crippen molar-refractivity contribution in [1.29, 1.82) is 0 Å². The van der Waals surface area contributed by atoms with Gasteiger partial charge in [0, 0.05) is 11.3 Å². The van der Waals surface area contributed by atoms with Crippen molar-refractivity contribution in [2.24, 2.45) is 5.73 Å². The molecular weight excluding hydrogens is 500 g/mol. The minimum Gasteiger partial charge on any atom is -0.489 e. The molecule has 0 aromatic heterocycles. The smallest absolute Gasteiger partial charge is 0.264 e. The number of hydrogen-bond acceptors (Lipinski definition) is 7. The maximum Gasteiger partial charge on any atom is 0.264 e. The van der Waals surface area contributed by atoms with Crippen LogP contribution < -0.4 is 15.4 Å². The van der Waals surface area contributed by atoms with Crippen LogP contribution in [0.4, 0.5) is 5.69 Å². The zero-order chi connectivity index (χ0) is 25.7. The molecule has 0 unspecified atom stereocenters. The molecule has 1 aliphatic rings. The lowest BCUT2D eigenvalue weighted by Crippen LogP contribution is -2.31. The minimum absolute atomic E-state index is 0.101. The zero-order valence-corrected chi connectivity index (χ0v) is 21.2. The molecule has 2 amide bonds. The quantitative estimate of drug-likeness (QED) is 0.399. The van der Waals surface area contributed by atoms with Gasteiger partial charge in [0.15, 0.2) is 0 Å². The van der Waals surface area contributed by atoms with Gasteiger partial charge in [0.25, 0.3) is 10.1 Å². The van der Waals surface area contributed by atoms with E-state index in [1.54, 1.807) is 29.2 Å². The van der Waals surface area contributed by atoms with E-state index in [4.69, 9.17) is 14.7 Å². The molecular formula is C26H26N2O6S2. The van der Waals surface area contributed by atoms with Crippen molar-refractivity contribution in [3.63, 3.8) is 0 Å². The number of anilines is 1. The van der Waals surface area contributed by atoms with Crippen molar-refractivity contribution in [3.8, 4) is 5.75 Å². The molecule has 4 rings (SSSR count). The van der Waals surface area contributed by atoms with Gasteiger partial charge in [-0.15, -0.1) is 11.8 Å². The average Bonchev–Trinajstić information content (AvgIpc) is 3.19. The number of ether oxygens (including phenoxy) is 1. The summed E-state index contributed by atoms with van der Waals surface area (Å²) in [5.74, 6) is -0.101. The van der Waals surface area contributed by atoms with Crippen LogP contribution in [0.5, 0.6) is 5.75 Å². The summed E-state index contributed by atoms with van der Waals surface area (Å²) in [5.41, 5.74) is 8.18. The van der Waals surface area contributed by atoms with Crippen LogP contribution in [0.2, 0.25) is 0 Å².